The third-order valence-corrected chi connectivity index (χ3v) is 18.0. The number of carbonyl (C=O) groups excluding carboxylic acids is 2. The van der Waals surface area contributed by atoms with Crippen molar-refractivity contribution in [2.24, 2.45) is 0 Å². The number of H-pyrrole nitrogens is 4. The van der Waals surface area contributed by atoms with Crippen LogP contribution in [0.1, 0.15) is 111 Å². The number of phosphoric acid groups is 1. The van der Waals surface area contributed by atoms with Gasteiger partial charge in [0.05, 0.1) is 92.5 Å². The maximum atomic E-state index is 12.6. The summed E-state index contributed by atoms with van der Waals surface area (Å²) in [6.45, 7) is 8.97. The Hall–Kier alpha value is -12.7. The van der Waals surface area contributed by atoms with E-state index in [9.17, 15) is 33.3 Å². The van der Waals surface area contributed by atoms with Crippen LogP contribution in [-0.4, -0.2) is 170 Å². The number of aromatic amines is 4. The summed E-state index contributed by atoms with van der Waals surface area (Å²) in [7, 11) is 3.10. The van der Waals surface area contributed by atoms with Gasteiger partial charge in [-0.1, -0.05) is 114 Å². The first kappa shape index (κ1) is 86.9. The molecule has 0 unspecified atom stereocenters. The first-order valence-electron chi connectivity index (χ1n) is 35.7. The second-order valence-electron chi connectivity index (χ2n) is 24.7. The number of benzene rings is 4. The number of aliphatic hydroxyl groups is 1. The molecule has 0 saturated carbocycles. The van der Waals surface area contributed by atoms with Crippen LogP contribution in [0.25, 0.3) is 44.7 Å². The number of nitrogens with one attached hydrogen (secondary N) is 4. The van der Waals surface area contributed by atoms with Gasteiger partial charge >= 0.3 is 66.6 Å². The minimum absolute atomic E-state index is 0. The normalized spacial score (nSPS) is 11.1. The number of nitrogens with two attached hydrogens (primary N) is 4. The van der Waals surface area contributed by atoms with E-state index < -0.39 is 19.5 Å². The Morgan fingerprint density at radius 1 is 0.465 bits per heavy atom. The minimum atomic E-state index is -3.59. The zero-order valence-electron chi connectivity index (χ0n) is 63.6. The number of ether oxygens (including phenoxy) is 8. The number of hydrogen-bond acceptors (Lipinski definition) is 31. The molecule has 610 valence electrons. The van der Waals surface area contributed by atoms with Crippen molar-refractivity contribution >= 4 is 87.7 Å². The van der Waals surface area contributed by atoms with E-state index in [1.807, 2.05) is 63.2 Å². The van der Waals surface area contributed by atoms with Crippen molar-refractivity contribution in [2.75, 3.05) is 98.1 Å². The maximum absolute atomic E-state index is 12.6. The molecule has 0 saturated heterocycles. The lowest BCUT2D eigenvalue weighted by Gasteiger charge is -2.13. The molecule has 114 heavy (non-hydrogen) atoms. The molecule has 40 heteroatoms. The number of imidazole rings is 4. The van der Waals surface area contributed by atoms with Gasteiger partial charge in [0.2, 0.25) is 0 Å². The van der Waals surface area contributed by atoms with Crippen LogP contribution in [0, 0.1) is 0 Å². The average molecular weight is 1600 g/mol. The van der Waals surface area contributed by atoms with E-state index in [0.717, 1.165) is 60.8 Å². The van der Waals surface area contributed by atoms with Gasteiger partial charge in [0.1, 0.15) is 40.2 Å². The largest absolute Gasteiger partial charge is 0.496 e. The molecular weight excluding hydrogens is 1500 g/mol. The molecule has 0 radical (unpaired) electrons. The van der Waals surface area contributed by atoms with Crippen LogP contribution in [0.5, 0.6) is 35.5 Å². The summed E-state index contributed by atoms with van der Waals surface area (Å²) >= 11 is 0. The number of methoxy groups -OCH3 is 3. The molecule has 0 aliphatic heterocycles. The highest BCUT2D eigenvalue weighted by Crippen LogP contribution is 2.48. The summed E-state index contributed by atoms with van der Waals surface area (Å²) in [6, 6.07) is 29.2. The molecule has 0 bridgehead atoms. The lowest BCUT2D eigenvalue weighted by molar-refractivity contribution is -0.139. The van der Waals surface area contributed by atoms with Crippen LogP contribution in [0.4, 0.5) is 23.3 Å². The van der Waals surface area contributed by atoms with Crippen molar-refractivity contribution in [2.45, 2.75) is 112 Å². The van der Waals surface area contributed by atoms with Gasteiger partial charge in [-0.15, -0.1) is 0 Å². The fourth-order valence-corrected chi connectivity index (χ4v) is 11.5. The van der Waals surface area contributed by atoms with Gasteiger partial charge in [-0.2, -0.15) is 39.9 Å². The lowest BCUT2D eigenvalue weighted by Crippen LogP contribution is -2.21. The number of phosphoric ester groups is 1. The van der Waals surface area contributed by atoms with Crippen LogP contribution < -0.4 is 74.1 Å². The number of nitrogen functional groups attached to an aromatic ring is 4. The lowest BCUT2D eigenvalue weighted by atomic mass is 10.1. The van der Waals surface area contributed by atoms with E-state index in [1.54, 1.807) is 54.6 Å². The first-order chi connectivity index (χ1) is 54.6. The Morgan fingerprint density at radius 2 is 0.904 bits per heavy atom. The molecule has 12 rings (SSSR count). The van der Waals surface area contributed by atoms with Gasteiger partial charge in [-0.25, -0.2) is 28.5 Å². The summed E-state index contributed by atoms with van der Waals surface area (Å²) in [6.07, 6.45) is 6.05. The van der Waals surface area contributed by atoms with Gasteiger partial charge in [0.15, 0.2) is 45.9 Å². The van der Waals surface area contributed by atoms with Crippen molar-refractivity contribution in [3.05, 3.63) is 172 Å². The van der Waals surface area contributed by atoms with Gasteiger partial charge in [0.25, 0.3) is 0 Å². The second-order valence-corrected chi connectivity index (χ2v) is 26.6. The molecule has 0 amide bonds. The van der Waals surface area contributed by atoms with Crippen LogP contribution >= 0.6 is 7.82 Å². The number of anilines is 4. The average Bonchev–Trinajstić information content (AvgIpc) is 1.62. The predicted molar refractivity (Wildman–Crippen MR) is 424 cm³/mol. The van der Waals surface area contributed by atoms with Crippen molar-refractivity contribution in [3.8, 4) is 35.5 Å². The third-order valence-electron chi connectivity index (χ3n) is 16.7. The number of carbonyl (C=O) groups is 2. The number of esters is 2. The summed E-state index contributed by atoms with van der Waals surface area (Å²) in [5.74, 6) is 0.820. The molecule has 8 heterocycles. The molecule has 4 aromatic carbocycles. The number of hydrogen-bond donors (Lipinski definition) is 9. The first-order valence-corrected chi connectivity index (χ1v) is 37.2. The molecule has 13 N–H and O–H groups in total. The van der Waals surface area contributed by atoms with Crippen LogP contribution in [0.15, 0.2) is 116 Å². The van der Waals surface area contributed by atoms with Gasteiger partial charge in [0, 0.05) is 32.8 Å². The van der Waals surface area contributed by atoms with Gasteiger partial charge < -0.3 is 85.9 Å². The number of rotatable bonds is 35. The summed E-state index contributed by atoms with van der Waals surface area (Å²) < 4.78 is 75.1. The molecule has 0 fully saturated rings. The predicted octanol–water partition coefficient (Wildman–Crippen LogP) is 7.39. The SMILES string of the molecule is C.CCCCOc1nc(N)c2[nH]c(=O)n(CCOc3cccc(C(=O)OC)c3)c2n1.CCCCOc1nc(N)c2[nH]c(=O)n(Cc3cc(CC(=O)OC)ccc3OC)c2n1.CCCCOc1nc(N)c2[nH]c(=O)n(Cc3cccc(COP(=O)(OC)OC)c3)c2n1.Nc1nc(OCCCO)nc2c1[nH]c(=O)n2Cc1ccccc1. The highest BCUT2D eigenvalue weighted by atomic mass is 31.2. The Balaban J connectivity index is 0.000000191. The molecule has 0 spiro atoms. The van der Waals surface area contributed by atoms with Gasteiger partial charge in [-0.3, -0.25) is 36.6 Å². The molecular formula is C74H95N20O19P. The number of nitrogens with zero attached hydrogens (tertiary/aromatic N) is 12. The van der Waals surface area contributed by atoms with E-state index in [4.69, 9.17) is 79.5 Å². The van der Waals surface area contributed by atoms with Gasteiger partial charge in [-0.05, 0) is 71.8 Å². The minimum Gasteiger partial charge on any atom is -0.496 e. The number of unbranched alkanes of at least 4 members (excludes halogenated alkanes) is 3. The van der Waals surface area contributed by atoms with Crippen molar-refractivity contribution < 1.29 is 70.7 Å². The Bertz CT molecular complexity index is 5500. The number of aliphatic hydroxyl groups excluding tert-OH is 1. The summed E-state index contributed by atoms with van der Waals surface area (Å²) in [4.78, 5) is 117. The monoisotopic (exact) mass is 1600 g/mol. The zero-order valence-corrected chi connectivity index (χ0v) is 64.5. The Kier molecular flexibility index (Phi) is 32.1. The van der Waals surface area contributed by atoms with E-state index in [-0.39, 0.29) is 130 Å². The fourth-order valence-electron chi connectivity index (χ4n) is 10.8. The summed E-state index contributed by atoms with van der Waals surface area (Å²) in [5.41, 5.74) is 29.5. The smallest absolute Gasteiger partial charge is 0.474 e. The molecule has 0 aliphatic rings. The summed E-state index contributed by atoms with van der Waals surface area (Å²) in [5, 5.41) is 8.79. The zero-order chi connectivity index (χ0) is 81.1. The second kappa shape index (κ2) is 42.1. The fraction of sp³-hybridized carbons (Fsp3) is 0.378. The van der Waals surface area contributed by atoms with E-state index in [2.05, 4.69) is 59.8 Å². The van der Waals surface area contributed by atoms with Crippen molar-refractivity contribution in [1.82, 2.24) is 78.1 Å². The highest BCUT2D eigenvalue weighted by molar-refractivity contribution is 7.48. The van der Waals surface area contributed by atoms with E-state index >= 15 is 0 Å². The van der Waals surface area contributed by atoms with Crippen molar-refractivity contribution in [3.63, 3.8) is 0 Å². The van der Waals surface area contributed by atoms with Crippen LogP contribution in [0.3, 0.4) is 0 Å². The van der Waals surface area contributed by atoms with Crippen LogP contribution in [-0.2, 0) is 71.6 Å². The third kappa shape index (κ3) is 23.0. The number of fused-ring (bicyclic) bond motifs is 4. The molecule has 8 aromatic heterocycles. The Labute approximate surface area is 652 Å². The maximum Gasteiger partial charge on any atom is 0.474 e. The Morgan fingerprint density at radius 3 is 1.36 bits per heavy atom. The molecule has 0 aliphatic carbocycles. The topological polar surface area (TPSA) is 531 Å². The molecule has 12 aromatic rings. The highest BCUT2D eigenvalue weighted by Gasteiger charge is 2.24. The van der Waals surface area contributed by atoms with Crippen molar-refractivity contribution in [1.29, 1.82) is 0 Å². The standard InChI is InChI=1S/C20H25N5O5.C19H26N5O6P.C19H23N5O5.C15H17N5O3.CH4/c1-4-5-8-30-19-23-17(21)16-18(24-19)25(20(27)22-16)11-13-9-12(10-15(26)29-3)6-7-14(13)28-2;1-4-5-9-29-18-22-16(20)15-17(23-18)24(19(25)21-15)11-13-7-6-8-14(10-13)12-30-31(26,27-2)28-3;1-3-4-9-29-18-22-15(20)14-16(23-18)24(19(26)21-14)8-10-28-13-7-5-6-12(11-13)17(25)27-2;16-12-11-13(19-14(18-12)23-8-4-7-21)20(15(22)17-11)9-10-5-2-1-3-6-10;/h6-7,9H,4-5,8,10-11H2,1-3H3,(H,22,27)(H2,21,23,24);6-8,10H,4-5,9,11-12H2,1-3H3,(H,21,25)(H2,20,22,23);5-7,11H,3-4,8-10H2,1-2H3,(H,21,26)(H2,20,22,23);1-3,5-6,21H,4,7-9H2,(H,17,22)(H2,16,18,19);1H4. The molecule has 0 atom stereocenters. The molecule has 39 nitrogen and oxygen atoms in total. The van der Waals surface area contributed by atoms with E-state index in [1.165, 1.54) is 53.8 Å². The van der Waals surface area contributed by atoms with E-state index in [0.29, 0.717) is 100 Å². The number of aromatic nitrogens is 16. The van der Waals surface area contributed by atoms with Crippen LogP contribution in [0.2, 0.25) is 0 Å². The quantitative estimate of drug-likeness (QED) is 0.0106.